The molecule has 0 aromatic heterocycles. The van der Waals surface area contributed by atoms with Crippen molar-refractivity contribution in [3.63, 3.8) is 0 Å². The van der Waals surface area contributed by atoms with Crippen molar-refractivity contribution in [2.24, 2.45) is 5.41 Å². The van der Waals surface area contributed by atoms with Crippen LogP contribution in [0.2, 0.25) is 0 Å². The van der Waals surface area contributed by atoms with Gasteiger partial charge in [0.15, 0.2) is 0 Å². The highest BCUT2D eigenvalue weighted by molar-refractivity contribution is 5.67. The molecule has 0 amide bonds. The van der Waals surface area contributed by atoms with Crippen LogP contribution in [0.25, 0.3) is 0 Å². The zero-order valence-electron chi connectivity index (χ0n) is 16.0. The second-order valence-electron chi connectivity index (χ2n) is 7.77. The molecular weight excluding hydrogens is 324 g/mol. The maximum Gasteiger partial charge on any atom is 0.303 e. The number of carbonyl (C=O) groups is 1. The molecule has 26 heavy (non-hydrogen) atoms. The highest BCUT2D eigenvalue weighted by Gasteiger charge is 2.20. The van der Waals surface area contributed by atoms with Gasteiger partial charge in [-0.2, -0.15) is 0 Å². The van der Waals surface area contributed by atoms with Gasteiger partial charge in [0, 0.05) is 31.7 Å². The van der Waals surface area contributed by atoms with Crippen molar-refractivity contribution in [3.05, 3.63) is 65.7 Å². The highest BCUT2D eigenvalue weighted by Crippen LogP contribution is 2.20. The Balaban J connectivity index is 1.85. The lowest BCUT2D eigenvalue weighted by molar-refractivity contribution is -0.136. The molecule has 0 unspecified atom stereocenters. The summed E-state index contributed by atoms with van der Waals surface area (Å²) in [6.07, 6.45) is 0.729. The molecule has 0 saturated heterocycles. The van der Waals surface area contributed by atoms with Crippen LogP contribution in [0.1, 0.15) is 31.4 Å². The van der Waals surface area contributed by atoms with Gasteiger partial charge in [-0.1, -0.05) is 56.3 Å². The van der Waals surface area contributed by atoms with Gasteiger partial charge in [0.2, 0.25) is 0 Å². The van der Waals surface area contributed by atoms with E-state index in [-0.39, 0.29) is 11.8 Å². The average molecular weight is 354 g/mol. The van der Waals surface area contributed by atoms with E-state index in [1.54, 1.807) is 0 Å². The molecule has 0 spiro atoms. The Bertz CT molecular complexity index is 698. The third-order valence-corrected chi connectivity index (χ3v) is 4.32. The normalized spacial score (nSPS) is 11.5. The highest BCUT2D eigenvalue weighted by atomic mass is 16.4. The number of carboxylic acids is 1. The van der Waals surface area contributed by atoms with Gasteiger partial charge >= 0.3 is 5.97 Å². The van der Waals surface area contributed by atoms with Gasteiger partial charge in [-0.3, -0.25) is 4.79 Å². The van der Waals surface area contributed by atoms with Crippen LogP contribution < -0.4 is 5.32 Å². The fourth-order valence-corrected chi connectivity index (χ4v) is 3.17. The first-order chi connectivity index (χ1) is 12.3. The number of benzene rings is 2. The molecule has 2 N–H and O–H groups in total. The van der Waals surface area contributed by atoms with Gasteiger partial charge in [-0.05, 0) is 42.1 Å². The van der Waals surface area contributed by atoms with Crippen LogP contribution in [-0.4, -0.2) is 36.1 Å². The predicted octanol–water partition coefficient (Wildman–Crippen LogP) is 4.27. The van der Waals surface area contributed by atoms with E-state index in [1.807, 2.05) is 30.3 Å². The smallest absolute Gasteiger partial charge is 0.303 e. The molecule has 4 heteroatoms. The largest absolute Gasteiger partial charge is 0.481 e. The Morgan fingerprint density at radius 2 is 1.77 bits per heavy atom. The summed E-state index contributed by atoms with van der Waals surface area (Å²) in [5.74, 6) is -0.758. The number of carboxylic acid groups (broad SMARTS) is 1. The Kier molecular flexibility index (Phi) is 7.22. The van der Waals surface area contributed by atoms with Crippen LogP contribution in [0.4, 0.5) is 5.69 Å². The lowest BCUT2D eigenvalue weighted by atomic mass is 9.92. The van der Waals surface area contributed by atoms with Crippen LogP contribution in [-0.2, 0) is 17.8 Å². The molecule has 0 aliphatic carbocycles. The number of nitrogens with zero attached hydrogens (tertiary/aromatic N) is 1. The zero-order chi connectivity index (χ0) is 19.0. The number of anilines is 1. The molecule has 140 valence electrons. The van der Waals surface area contributed by atoms with E-state index in [0.717, 1.165) is 30.9 Å². The van der Waals surface area contributed by atoms with Crippen molar-refractivity contribution < 1.29 is 9.90 Å². The minimum Gasteiger partial charge on any atom is -0.481 e. The number of aliphatic carboxylic acids is 1. The first-order valence-corrected chi connectivity index (χ1v) is 9.11. The van der Waals surface area contributed by atoms with Crippen LogP contribution >= 0.6 is 0 Å². The van der Waals surface area contributed by atoms with Gasteiger partial charge in [0.1, 0.15) is 0 Å². The van der Waals surface area contributed by atoms with E-state index >= 15 is 0 Å². The van der Waals surface area contributed by atoms with Crippen molar-refractivity contribution >= 4 is 11.7 Å². The summed E-state index contributed by atoms with van der Waals surface area (Å²) in [4.78, 5) is 13.1. The van der Waals surface area contributed by atoms with Gasteiger partial charge in [-0.25, -0.2) is 0 Å². The third-order valence-electron chi connectivity index (χ3n) is 4.32. The number of aryl methyl sites for hydroxylation is 1. The van der Waals surface area contributed by atoms with Crippen molar-refractivity contribution in [2.75, 3.05) is 25.5 Å². The molecule has 4 nitrogen and oxygen atoms in total. The summed E-state index contributed by atoms with van der Waals surface area (Å²) >= 11 is 0. The maximum atomic E-state index is 10.7. The summed E-state index contributed by atoms with van der Waals surface area (Å²) in [5, 5.41) is 12.3. The first-order valence-electron chi connectivity index (χ1n) is 9.11. The van der Waals surface area contributed by atoms with E-state index in [4.69, 9.17) is 5.11 Å². The van der Waals surface area contributed by atoms with Crippen LogP contribution in [0.3, 0.4) is 0 Å². The van der Waals surface area contributed by atoms with Crippen molar-refractivity contribution in [3.8, 4) is 0 Å². The minimum absolute atomic E-state index is 0.112. The Labute approximate surface area is 156 Å². The van der Waals surface area contributed by atoms with Crippen LogP contribution in [0, 0.1) is 5.41 Å². The maximum absolute atomic E-state index is 10.7. The van der Waals surface area contributed by atoms with Crippen molar-refractivity contribution in [1.82, 2.24) is 4.90 Å². The lowest BCUT2D eigenvalue weighted by Crippen LogP contribution is -2.36. The monoisotopic (exact) mass is 354 g/mol. The molecule has 0 fully saturated rings. The summed E-state index contributed by atoms with van der Waals surface area (Å²) in [6, 6.07) is 18.6. The van der Waals surface area contributed by atoms with E-state index in [1.165, 1.54) is 5.56 Å². The van der Waals surface area contributed by atoms with Crippen LogP contribution in [0.15, 0.2) is 54.6 Å². The summed E-state index contributed by atoms with van der Waals surface area (Å²) in [7, 11) is 2.15. The molecule has 0 saturated carbocycles. The van der Waals surface area contributed by atoms with Crippen molar-refractivity contribution in [1.29, 1.82) is 0 Å². The zero-order valence-corrected chi connectivity index (χ0v) is 16.0. The quantitative estimate of drug-likeness (QED) is 0.669. The summed E-state index contributed by atoms with van der Waals surface area (Å²) in [6.45, 7) is 7.29. The molecule has 0 atom stereocenters. The summed E-state index contributed by atoms with van der Waals surface area (Å²) in [5.41, 5.74) is 3.54. The summed E-state index contributed by atoms with van der Waals surface area (Å²) < 4.78 is 0. The fraction of sp³-hybridized carbons (Fsp3) is 0.409. The molecule has 2 aromatic carbocycles. The molecular formula is C22H30N2O2. The first kappa shape index (κ1) is 20.0. The average Bonchev–Trinajstić information content (AvgIpc) is 2.59. The Morgan fingerprint density at radius 1 is 1.08 bits per heavy atom. The number of hydrogen-bond donors (Lipinski definition) is 2. The molecule has 0 radical (unpaired) electrons. The second-order valence-corrected chi connectivity index (χ2v) is 7.77. The molecule has 0 heterocycles. The lowest BCUT2D eigenvalue weighted by Gasteiger charge is -2.31. The standard InChI is InChI=1S/C22H30N2O2/c1-22(2,17-24(3)15-19-8-5-4-6-9-19)16-23-20-11-7-10-18(14-20)12-13-21(25)26/h4-11,14,23H,12-13,15-17H2,1-3H3,(H,25,26). The predicted molar refractivity (Wildman–Crippen MR) is 107 cm³/mol. The second kappa shape index (κ2) is 9.39. The fourth-order valence-electron chi connectivity index (χ4n) is 3.17. The molecule has 0 aliphatic rings. The van der Waals surface area contributed by atoms with Gasteiger partial charge in [0.25, 0.3) is 0 Å². The Morgan fingerprint density at radius 3 is 2.46 bits per heavy atom. The Hall–Kier alpha value is -2.33. The minimum atomic E-state index is -0.758. The molecule has 0 bridgehead atoms. The third kappa shape index (κ3) is 7.28. The van der Waals surface area contributed by atoms with Crippen molar-refractivity contribution in [2.45, 2.75) is 33.2 Å². The number of hydrogen-bond acceptors (Lipinski definition) is 3. The molecule has 2 rings (SSSR count). The van der Waals surface area contributed by atoms with Gasteiger partial charge < -0.3 is 15.3 Å². The van der Waals surface area contributed by atoms with E-state index < -0.39 is 5.97 Å². The SMILES string of the molecule is CN(Cc1ccccc1)CC(C)(C)CNc1cccc(CCC(=O)O)c1. The number of nitrogens with one attached hydrogen (secondary N) is 1. The number of rotatable bonds is 10. The molecule has 0 aliphatic heterocycles. The van der Waals surface area contributed by atoms with E-state index in [2.05, 4.69) is 55.4 Å². The van der Waals surface area contributed by atoms with Gasteiger partial charge in [0.05, 0.1) is 0 Å². The van der Waals surface area contributed by atoms with E-state index in [9.17, 15) is 4.79 Å². The topological polar surface area (TPSA) is 52.6 Å². The molecule has 2 aromatic rings. The van der Waals surface area contributed by atoms with Gasteiger partial charge in [-0.15, -0.1) is 0 Å². The van der Waals surface area contributed by atoms with Crippen LogP contribution in [0.5, 0.6) is 0 Å². The van der Waals surface area contributed by atoms with E-state index in [0.29, 0.717) is 6.42 Å².